The molecule has 0 aromatic carbocycles. The highest BCUT2D eigenvalue weighted by Crippen LogP contribution is 2.11. The third-order valence-corrected chi connectivity index (χ3v) is 3.83. The van der Waals surface area contributed by atoms with Gasteiger partial charge in [-0.2, -0.15) is 5.10 Å². The van der Waals surface area contributed by atoms with E-state index in [4.69, 9.17) is 0 Å². The highest BCUT2D eigenvalue weighted by atomic mass is 32.2. The molecule has 1 unspecified atom stereocenters. The van der Waals surface area contributed by atoms with E-state index in [2.05, 4.69) is 14.9 Å². The predicted octanol–water partition coefficient (Wildman–Crippen LogP) is 1.44. The van der Waals surface area contributed by atoms with E-state index in [1.165, 1.54) is 0 Å². The number of hydrogen-bond acceptors (Lipinski definition) is 3. The Kier molecular flexibility index (Phi) is 4.49. The molecular formula is C10H19N3O2S. The second-order valence-corrected chi connectivity index (χ2v) is 6.25. The zero-order valence-electron chi connectivity index (χ0n) is 9.90. The summed E-state index contributed by atoms with van der Waals surface area (Å²) in [6.07, 6.45) is 3.98. The van der Waals surface area contributed by atoms with Crippen molar-refractivity contribution in [2.75, 3.05) is 5.75 Å². The van der Waals surface area contributed by atoms with Crippen LogP contribution in [0.5, 0.6) is 0 Å². The minimum Gasteiger partial charge on any atom is -0.285 e. The molecule has 1 atom stereocenters. The van der Waals surface area contributed by atoms with E-state index in [9.17, 15) is 8.42 Å². The molecule has 92 valence electrons. The number of hydrogen-bond donors (Lipinski definition) is 2. The van der Waals surface area contributed by atoms with Gasteiger partial charge in [0.25, 0.3) is 0 Å². The van der Waals surface area contributed by atoms with Crippen molar-refractivity contribution in [3.8, 4) is 0 Å². The topological polar surface area (TPSA) is 74.8 Å². The molecule has 0 radical (unpaired) electrons. The molecule has 0 aliphatic carbocycles. The summed E-state index contributed by atoms with van der Waals surface area (Å²) in [5.74, 6) is 0.563. The van der Waals surface area contributed by atoms with Crippen molar-refractivity contribution >= 4 is 10.0 Å². The Hall–Kier alpha value is -0.880. The number of nitrogens with zero attached hydrogens (tertiary/aromatic N) is 1. The van der Waals surface area contributed by atoms with Crippen LogP contribution in [-0.4, -0.2) is 24.4 Å². The molecule has 1 aromatic heterocycles. The predicted molar refractivity (Wildman–Crippen MR) is 63.4 cm³/mol. The fraction of sp³-hybridized carbons (Fsp3) is 0.700. The third-order valence-electron chi connectivity index (χ3n) is 2.34. The highest BCUT2D eigenvalue weighted by molar-refractivity contribution is 7.89. The normalized spacial score (nSPS) is 14.2. The summed E-state index contributed by atoms with van der Waals surface area (Å²) in [6.45, 7) is 5.82. The lowest BCUT2D eigenvalue weighted by atomic mass is 10.2. The monoisotopic (exact) mass is 245 g/mol. The lowest BCUT2D eigenvalue weighted by Crippen LogP contribution is -2.29. The number of sulfonamides is 1. The Labute approximate surface area is 96.7 Å². The summed E-state index contributed by atoms with van der Waals surface area (Å²) in [5.41, 5.74) is 0.841. The van der Waals surface area contributed by atoms with Gasteiger partial charge in [-0.3, -0.25) is 5.10 Å². The van der Waals surface area contributed by atoms with Gasteiger partial charge >= 0.3 is 0 Å². The minimum absolute atomic E-state index is 0.173. The van der Waals surface area contributed by atoms with E-state index < -0.39 is 10.0 Å². The van der Waals surface area contributed by atoms with Crippen LogP contribution in [0.2, 0.25) is 0 Å². The van der Waals surface area contributed by atoms with Gasteiger partial charge in [0.2, 0.25) is 10.0 Å². The SMILES string of the molecule is CC(C)CCS(=O)(=O)NC(C)c1cn[nH]c1. The molecule has 16 heavy (non-hydrogen) atoms. The maximum Gasteiger partial charge on any atom is 0.212 e. The Bertz CT molecular complexity index is 398. The maximum atomic E-state index is 11.7. The number of rotatable bonds is 6. The van der Waals surface area contributed by atoms with Crippen molar-refractivity contribution in [1.82, 2.24) is 14.9 Å². The van der Waals surface area contributed by atoms with Crippen LogP contribution in [0.3, 0.4) is 0 Å². The lowest BCUT2D eigenvalue weighted by molar-refractivity contribution is 0.550. The van der Waals surface area contributed by atoms with Crippen LogP contribution in [0, 0.1) is 5.92 Å². The van der Waals surface area contributed by atoms with Crippen molar-refractivity contribution in [3.05, 3.63) is 18.0 Å². The van der Waals surface area contributed by atoms with E-state index in [1.807, 2.05) is 13.8 Å². The highest BCUT2D eigenvalue weighted by Gasteiger charge is 2.16. The first-order valence-electron chi connectivity index (χ1n) is 5.39. The van der Waals surface area contributed by atoms with E-state index in [1.54, 1.807) is 19.3 Å². The molecule has 5 nitrogen and oxygen atoms in total. The lowest BCUT2D eigenvalue weighted by Gasteiger charge is -2.13. The van der Waals surface area contributed by atoms with Gasteiger partial charge in [-0.15, -0.1) is 0 Å². The van der Waals surface area contributed by atoms with Crippen molar-refractivity contribution in [1.29, 1.82) is 0 Å². The van der Waals surface area contributed by atoms with Gasteiger partial charge in [0, 0.05) is 17.8 Å². The first-order valence-corrected chi connectivity index (χ1v) is 7.04. The molecule has 0 saturated carbocycles. The molecule has 0 spiro atoms. The molecule has 0 fully saturated rings. The van der Waals surface area contributed by atoms with Gasteiger partial charge in [0.1, 0.15) is 0 Å². The minimum atomic E-state index is -3.19. The molecule has 2 N–H and O–H groups in total. The zero-order valence-corrected chi connectivity index (χ0v) is 10.7. The van der Waals surface area contributed by atoms with Crippen molar-refractivity contribution in [3.63, 3.8) is 0 Å². The standard InChI is InChI=1S/C10H19N3O2S/c1-8(2)4-5-16(14,15)13-9(3)10-6-11-12-7-10/h6-9,13H,4-5H2,1-3H3,(H,11,12). The molecular weight excluding hydrogens is 226 g/mol. The number of H-pyrrole nitrogens is 1. The molecule has 1 rings (SSSR count). The van der Waals surface area contributed by atoms with Gasteiger partial charge < -0.3 is 0 Å². The molecule has 0 aliphatic heterocycles. The van der Waals surface area contributed by atoms with E-state index in [0.29, 0.717) is 12.3 Å². The number of nitrogens with one attached hydrogen (secondary N) is 2. The van der Waals surface area contributed by atoms with E-state index in [0.717, 1.165) is 5.56 Å². The molecule has 1 aromatic rings. The zero-order chi connectivity index (χ0) is 12.2. The molecule has 0 saturated heterocycles. The molecule has 0 aliphatic rings. The van der Waals surface area contributed by atoms with Crippen LogP contribution in [0.1, 0.15) is 38.8 Å². The van der Waals surface area contributed by atoms with Crippen molar-refractivity contribution in [2.45, 2.75) is 33.2 Å². The summed E-state index contributed by atoms with van der Waals surface area (Å²) in [7, 11) is -3.19. The Morgan fingerprint density at radius 3 is 2.62 bits per heavy atom. The summed E-state index contributed by atoms with van der Waals surface area (Å²) in [6, 6.07) is -0.240. The average Bonchev–Trinajstić information content (AvgIpc) is 2.67. The number of aromatic nitrogens is 2. The van der Waals surface area contributed by atoms with Crippen LogP contribution in [0.4, 0.5) is 0 Å². The Balaban J connectivity index is 2.53. The first-order chi connectivity index (χ1) is 7.41. The molecule has 0 bridgehead atoms. The van der Waals surface area contributed by atoms with Crippen LogP contribution in [0.15, 0.2) is 12.4 Å². The van der Waals surface area contributed by atoms with Gasteiger partial charge in [-0.25, -0.2) is 13.1 Å². The van der Waals surface area contributed by atoms with E-state index in [-0.39, 0.29) is 11.8 Å². The second kappa shape index (κ2) is 5.45. The molecule has 6 heteroatoms. The molecule has 1 heterocycles. The largest absolute Gasteiger partial charge is 0.285 e. The van der Waals surface area contributed by atoms with Crippen molar-refractivity contribution < 1.29 is 8.42 Å². The van der Waals surface area contributed by atoms with Gasteiger partial charge in [0.05, 0.1) is 11.9 Å². The fourth-order valence-corrected chi connectivity index (χ4v) is 2.86. The summed E-state index contributed by atoms with van der Waals surface area (Å²) in [4.78, 5) is 0. The van der Waals surface area contributed by atoms with Gasteiger partial charge in [-0.05, 0) is 19.3 Å². The van der Waals surface area contributed by atoms with Crippen LogP contribution >= 0.6 is 0 Å². The Morgan fingerprint density at radius 1 is 1.44 bits per heavy atom. The van der Waals surface area contributed by atoms with Crippen LogP contribution in [0.25, 0.3) is 0 Å². The third kappa shape index (κ3) is 4.32. The Morgan fingerprint density at radius 2 is 2.12 bits per heavy atom. The summed E-state index contributed by atoms with van der Waals surface area (Å²) >= 11 is 0. The quantitative estimate of drug-likeness (QED) is 0.796. The smallest absolute Gasteiger partial charge is 0.212 e. The van der Waals surface area contributed by atoms with Gasteiger partial charge in [-0.1, -0.05) is 13.8 Å². The van der Waals surface area contributed by atoms with Crippen molar-refractivity contribution in [2.24, 2.45) is 5.92 Å². The summed E-state index contributed by atoms with van der Waals surface area (Å²) < 4.78 is 26.0. The second-order valence-electron chi connectivity index (χ2n) is 4.37. The van der Waals surface area contributed by atoms with E-state index >= 15 is 0 Å². The van der Waals surface area contributed by atoms with Crippen LogP contribution < -0.4 is 4.72 Å². The average molecular weight is 245 g/mol. The summed E-state index contributed by atoms with van der Waals surface area (Å²) in [5, 5.41) is 6.45. The molecule has 0 amide bonds. The first kappa shape index (κ1) is 13.2. The maximum absolute atomic E-state index is 11.7. The van der Waals surface area contributed by atoms with Gasteiger partial charge in [0.15, 0.2) is 0 Å². The van der Waals surface area contributed by atoms with Crippen LogP contribution in [-0.2, 0) is 10.0 Å². The number of aromatic amines is 1. The fourth-order valence-electron chi connectivity index (χ4n) is 1.28.